The number of hydrogen-bond acceptors (Lipinski definition) is 6. The maximum Gasteiger partial charge on any atom is 0.265 e. The van der Waals surface area contributed by atoms with Crippen LogP contribution in [0.3, 0.4) is 0 Å². The molecule has 7 nitrogen and oxygen atoms in total. The summed E-state index contributed by atoms with van der Waals surface area (Å²) in [5.74, 6) is 1.00. The lowest BCUT2D eigenvalue weighted by Gasteiger charge is -2.06. The molecule has 5 rings (SSSR count). The summed E-state index contributed by atoms with van der Waals surface area (Å²) in [6.07, 6.45) is 0. The molecule has 0 spiro atoms. The van der Waals surface area contributed by atoms with Crippen LogP contribution in [0.1, 0.15) is 15.2 Å². The highest BCUT2D eigenvalue weighted by Gasteiger charge is 2.19. The van der Waals surface area contributed by atoms with Gasteiger partial charge in [-0.2, -0.15) is 0 Å². The molecule has 0 fully saturated rings. The number of nitrogens with one attached hydrogen (secondary N) is 2. The van der Waals surface area contributed by atoms with Gasteiger partial charge in [0.2, 0.25) is 6.79 Å². The van der Waals surface area contributed by atoms with E-state index in [1.165, 1.54) is 0 Å². The van der Waals surface area contributed by atoms with Crippen molar-refractivity contribution < 1.29 is 14.3 Å². The molecule has 1 aliphatic heterocycles. The SMILES string of the molecule is O=C(NCc1ccc2c(c1)OCO2)c1sc(=S)n2c1[nH]c(=O)c1cc(Cl)ccc12. The first-order valence-electron chi connectivity index (χ1n) is 8.55. The van der Waals surface area contributed by atoms with Crippen LogP contribution in [-0.2, 0) is 6.54 Å². The minimum absolute atomic E-state index is 0.192. The molecule has 0 atom stereocenters. The summed E-state index contributed by atoms with van der Waals surface area (Å²) >= 11 is 12.6. The van der Waals surface area contributed by atoms with E-state index in [4.69, 9.17) is 33.3 Å². The highest BCUT2D eigenvalue weighted by Crippen LogP contribution is 2.32. The molecule has 2 aromatic carbocycles. The molecular weight excluding hydrogens is 434 g/mol. The quantitative estimate of drug-likeness (QED) is 0.467. The third-order valence-corrected chi connectivity index (χ3v) is 6.19. The number of aromatic amines is 1. The molecule has 2 N–H and O–H groups in total. The molecule has 146 valence electrons. The Morgan fingerprint density at radius 3 is 2.93 bits per heavy atom. The van der Waals surface area contributed by atoms with Gasteiger partial charge in [-0.15, -0.1) is 0 Å². The predicted octanol–water partition coefficient (Wildman–Crippen LogP) is 3.88. The van der Waals surface area contributed by atoms with Crippen molar-refractivity contribution in [1.82, 2.24) is 14.7 Å². The highest BCUT2D eigenvalue weighted by molar-refractivity contribution is 7.73. The molecule has 0 saturated carbocycles. The number of rotatable bonds is 3. The molecular formula is C19H12ClN3O4S2. The molecule has 1 amide bonds. The van der Waals surface area contributed by atoms with E-state index in [9.17, 15) is 9.59 Å². The number of carbonyl (C=O) groups excluding carboxylic acids is 1. The van der Waals surface area contributed by atoms with Gasteiger partial charge in [0.1, 0.15) is 10.5 Å². The zero-order valence-corrected chi connectivity index (χ0v) is 17.0. The lowest BCUT2D eigenvalue weighted by Crippen LogP contribution is -2.23. The van der Waals surface area contributed by atoms with Crippen LogP contribution in [0.15, 0.2) is 41.2 Å². The van der Waals surface area contributed by atoms with Crippen LogP contribution in [0.2, 0.25) is 5.02 Å². The fourth-order valence-electron chi connectivity index (χ4n) is 3.23. The second-order valence-electron chi connectivity index (χ2n) is 6.37. The number of fused-ring (bicyclic) bond motifs is 4. The third-order valence-electron chi connectivity index (χ3n) is 4.58. The van der Waals surface area contributed by atoms with E-state index < -0.39 is 0 Å². The Labute approximate surface area is 177 Å². The summed E-state index contributed by atoms with van der Waals surface area (Å²) in [5, 5.41) is 3.72. The minimum atomic E-state index is -0.333. The molecule has 0 unspecified atom stereocenters. The topological polar surface area (TPSA) is 84.8 Å². The molecule has 1 aliphatic rings. The Balaban J connectivity index is 1.51. The zero-order chi connectivity index (χ0) is 20.1. The minimum Gasteiger partial charge on any atom is -0.454 e. The summed E-state index contributed by atoms with van der Waals surface area (Å²) in [6.45, 7) is 0.484. The summed E-state index contributed by atoms with van der Waals surface area (Å²) in [4.78, 5) is 28.4. The number of ether oxygens (including phenoxy) is 2. The van der Waals surface area contributed by atoms with Gasteiger partial charge in [-0.3, -0.25) is 14.0 Å². The van der Waals surface area contributed by atoms with E-state index >= 15 is 0 Å². The smallest absolute Gasteiger partial charge is 0.265 e. The fourth-order valence-corrected chi connectivity index (χ4v) is 4.70. The molecule has 10 heteroatoms. The van der Waals surface area contributed by atoms with Crippen LogP contribution >= 0.6 is 35.2 Å². The van der Waals surface area contributed by atoms with Crippen molar-refractivity contribution in [1.29, 1.82) is 0 Å². The van der Waals surface area contributed by atoms with Crippen molar-refractivity contribution in [3.8, 4) is 11.5 Å². The number of amides is 1. The third kappa shape index (κ3) is 3.07. The van der Waals surface area contributed by atoms with Crippen molar-refractivity contribution in [2.45, 2.75) is 6.54 Å². The van der Waals surface area contributed by atoms with E-state index in [2.05, 4.69) is 10.3 Å². The van der Waals surface area contributed by atoms with Gasteiger partial charge in [0.25, 0.3) is 11.5 Å². The maximum absolute atomic E-state index is 12.8. The molecule has 2 aromatic heterocycles. The Hall–Kier alpha value is -2.88. The second kappa shape index (κ2) is 6.87. The van der Waals surface area contributed by atoms with E-state index in [0.717, 1.165) is 16.9 Å². The lowest BCUT2D eigenvalue weighted by atomic mass is 10.2. The van der Waals surface area contributed by atoms with E-state index in [0.29, 0.717) is 48.4 Å². The first-order chi connectivity index (χ1) is 14.0. The normalized spacial score (nSPS) is 12.6. The van der Waals surface area contributed by atoms with Crippen LogP contribution in [0, 0.1) is 3.95 Å². The first kappa shape index (κ1) is 18.2. The summed E-state index contributed by atoms with van der Waals surface area (Å²) in [7, 11) is 0. The summed E-state index contributed by atoms with van der Waals surface area (Å²) in [6, 6.07) is 10.5. The Bertz CT molecular complexity index is 1420. The van der Waals surface area contributed by atoms with Gasteiger partial charge in [0.05, 0.1) is 10.9 Å². The average molecular weight is 446 g/mol. The van der Waals surface area contributed by atoms with Crippen molar-refractivity contribution >= 4 is 57.6 Å². The van der Waals surface area contributed by atoms with Crippen LogP contribution < -0.4 is 20.3 Å². The van der Waals surface area contributed by atoms with Crippen molar-refractivity contribution in [3.05, 3.63) is 66.2 Å². The number of carbonyl (C=O) groups is 1. The second-order valence-corrected chi connectivity index (χ2v) is 8.45. The molecule has 0 radical (unpaired) electrons. The maximum atomic E-state index is 12.8. The van der Waals surface area contributed by atoms with Gasteiger partial charge < -0.3 is 19.8 Å². The van der Waals surface area contributed by atoms with Crippen molar-refractivity contribution in [2.24, 2.45) is 0 Å². The van der Waals surface area contributed by atoms with E-state index in [1.54, 1.807) is 28.7 Å². The van der Waals surface area contributed by atoms with Crippen LogP contribution in [-0.4, -0.2) is 22.1 Å². The predicted molar refractivity (Wildman–Crippen MR) is 113 cm³/mol. The number of halogens is 1. The highest BCUT2D eigenvalue weighted by atomic mass is 35.5. The number of thiazole rings is 1. The molecule has 29 heavy (non-hydrogen) atoms. The van der Waals surface area contributed by atoms with Gasteiger partial charge in [0.15, 0.2) is 15.5 Å². The summed E-state index contributed by atoms with van der Waals surface area (Å²) < 4.78 is 12.8. The monoisotopic (exact) mass is 445 g/mol. The Kier molecular flexibility index (Phi) is 4.30. The Morgan fingerprint density at radius 1 is 1.24 bits per heavy atom. The number of aromatic nitrogens is 2. The number of nitrogens with zero attached hydrogens (tertiary/aromatic N) is 1. The van der Waals surface area contributed by atoms with Crippen molar-refractivity contribution in [2.75, 3.05) is 6.79 Å². The van der Waals surface area contributed by atoms with Crippen LogP contribution in [0.25, 0.3) is 16.6 Å². The summed E-state index contributed by atoms with van der Waals surface area (Å²) in [5.41, 5.74) is 1.50. The van der Waals surface area contributed by atoms with Crippen LogP contribution in [0.4, 0.5) is 0 Å². The molecule has 4 aromatic rings. The van der Waals surface area contributed by atoms with Gasteiger partial charge in [-0.25, -0.2) is 0 Å². The van der Waals surface area contributed by atoms with Gasteiger partial charge in [-0.05, 0) is 48.1 Å². The molecule has 0 bridgehead atoms. The van der Waals surface area contributed by atoms with E-state index in [1.807, 2.05) is 12.1 Å². The standard InChI is InChI=1S/C19H12ClN3O4S2/c20-10-2-3-12-11(6-10)17(24)22-16-15(29-19(28)23(12)16)18(25)21-7-9-1-4-13-14(5-9)27-8-26-13/h1-6H,7-8H2,(H,21,25)(H,22,24). The number of benzene rings is 2. The van der Waals surface area contributed by atoms with Crippen molar-refractivity contribution in [3.63, 3.8) is 0 Å². The van der Waals surface area contributed by atoms with Crippen LogP contribution in [0.5, 0.6) is 11.5 Å². The average Bonchev–Trinajstić information content (AvgIpc) is 3.30. The first-order valence-corrected chi connectivity index (χ1v) is 10.2. The van der Waals surface area contributed by atoms with E-state index in [-0.39, 0.29) is 18.3 Å². The zero-order valence-electron chi connectivity index (χ0n) is 14.7. The lowest BCUT2D eigenvalue weighted by molar-refractivity contribution is 0.0956. The fraction of sp³-hybridized carbons (Fsp3) is 0.105. The molecule has 0 saturated heterocycles. The molecule has 3 heterocycles. The largest absolute Gasteiger partial charge is 0.454 e. The Morgan fingerprint density at radius 2 is 2.07 bits per heavy atom. The number of H-pyrrole nitrogens is 1. The molecule has 0 aliphatic carbocycles. The van der Waals surface area contributed by atoms with Gasteiger partial charge >= 0.3 is 0 Å². The van der Waals surface area contributed by atoms with Gasteiger partial charge in [-0.1, -0.05) is 29.0 Å². The van der Waals surface area contributed by atoms with Gasteiger partial charge in [0, 0.05) is 11.6 Å². The number of hydrogen-bond donors (Lipinski definition) is 2.